The molecule has 0 N–H and O–H groups in total. The number of halogens is 1. The summed E-state index contributed by atoms with van der Waals surface area (Å²) in [6.07, 6.45) is 9.98. The maximum atomic E-state index is 14.5. The quantitative estimate of drug-likeness (QED) is 0.470. The molecule has 1 aromatic carbocycles. The molecule has 0 radical (unpaired) electrons. The molecule has 0 aliphatic rings. The lowest BCUT2D eigenvalue weighted by Crippen LogP contribution is -2.06. The Morgan fingerprint density at radius 1 is 1.25 bits per heavy atom. The third-order valence-corrected chi connectivity index (χ3v) is 3.63. The first kappa shape index (κ1) is 18.0. The lowest BCUT2D eigenvalue weighted by atomic mass is 10.1. The van der Waals surface area contributed by atoms with Crippen LogP contribution in [0.25, 0.3) is 10.8 Å². The molecule has 2 aromatic rings. The van der Waals surface area contributed by atoms with Crippen LogP contribution in [0.4, 0.5) is 4.39 Å². The minimum atomic E-state index is -0.653. The summed E-state index contributed by atoms with van der Waals surface area (Å²) in [5.41, 5.74) is -0.650. The molecule has 0 aliphatic carbocycles. The largest absolute Gasteiger partial charge is 0.490 e. The van der Waals surface area contributed by atoms with Gasteiger partial charge in [0.25, 0.3) is 0 Å². The van der Waals surface area contributed by atoms with E-state index >= 15 is 0 Å². The molecule has 0 spiro atoms. The first-order valence-corrected chi connectivity index (χ1v) is 8.31. The molecule has 0 aliphatic heterocycles. The van der Waals surface area contributed by atoms with E-state index in [1.807, 2.05) is 25.2 Å². The Hall–Kier alpha value is -2.36. The maximum Gasteiger partial charge on any atom is 0.346 e. The van der Waals surface area contributed by atoms with E-state index in [-0.39, 0.29) is 11.1 Å². The molecule has 3 nitrogen and oxygen atoms in total. The van der Waals surface area contributed by atoms with Gasteiger partial charge in [-0.15, -0.1) is 6.58 Å². The molecule has 1 heterocycles. The average Bonchev–Trinajstić information content (AvgIpc) is 2.56. The molecule has 128 valence electrons. The van der Waals surface area contributed by atoms with Gasteiger partial charge in [-0.05, 0) is 43.2 Å². The molecule has 0 bridgehead atoms. The fourth-order valence-electron chi connectivity index (χ4n) is 2.44. The summed E-state index contributed by atoms with van der Waals surface area (Å²) in [6.45, 7) is 6.01. The minimum absolute atomic E-state index is 0.0473. The van der Waals surface area contributed by atoms with Gasteiger partial charge in [0.1, 0.15) is 11.1 Å². The number of hydrogen-bond acceptors (Lipinski definition) is 3. The van der Waals surface area contributed by atoms with E-state index in [9.17, 15) is 9.18 Å². The number of hydrogen-bond donors (Lipinski definition) is 0. The first-order chi connectivity index (χ1) is 11.7. The summed E-state index contributed by atoms with van der Waals surface area (Å²) in [4.78, 5) is 12.0. The zero-order valence-electron chi connectivity index (χ0n) is 14.0. The van der Waals surface area contributed by atoms with E-state index in [2.05, 4.69) is 6.58 Å². The van der Waals surface area contributed by atoms with Gasteiger partial charge in [-0.3, -0.25) is 0 Å². The molecular formula is C20H23FO3. The van der Waals surface area contributed by atoms with Gasteiger partial charge in [-0.2, -0.15) is 0 Å². The molecule has 0 unspecified atom stereocenters. The van der Waals surface area contributed by atoms with Crippen molar-refractivity contribution < 1.29 is 13.5 Å². The lowest BCUT2D eigenvalue weighted by Gasteiger charge is -2.08. The van der Waals surface area contributed by atoms with Crippen molar-refractivity contribution in [1.29, 1.82) is 0 Å². The van der Waals surface area contributed by atoms with E-state index in [1.165, 1.54) is 0 Å². The van der Waals surface area contributed by atoms with Gasteiger partial charge >= 0.3 is 5.63 Å². The van der Waals surface area contributed by atoms with Crippen LogP contribution in [0, 0.1) is 5.82 Å². The smallest absolute Gasteiger partial charge is 0.346 e. The summed E-state index contributed by atoms with van der Waals surface area (Å²) < 4.78 is 25.1. The number of fused-ring (bicyclic) bond motifs is 1. The van der Waals surface area contributed by atoms with Crippen molar-refractivity contribution >= 4 is 10.8 Å². The van der Waals surface area contributed by atoms with Crippen molar-refractivity contribution in [2.45, 2.75) is 39.0 Å². The van der Waals surface area contributed by atoms with Crippen LogP contribution < -0.4 is 10.4 Å². The Kier molecular flexibility index (Phi) is 6.79. The minimum Gasteiger partial charge on any atom is -0.490 e. The molecule has 2 rings (SSSR count). The van der Waals surface area contributed by atoms with Crippen LogP contribution in [-0.4, -0.2) is 6.61 Å². The van der Waals surface area contributed by atoms with Crippen molar-refractivity contribution in [2.24, 2.45) is 0 Å². The topological polar surface area (TPSA) is 39.4 Å². The second-order valence-corrected chi connectivity index (χ2v) is 5.57. The van der Waals surface area contributed by atoms with Gasteiger partial charge in [0.15, 0.2) is 11.6 Å². The summed E-state index contributed by atoms with van der Waals surface area (Å²) in [7, 11) is 0. The normalized spacial score (nSPS) is 11.2. The van der Waals surface area contributed by atoms with Crippen LogP contribution in [0.5, 0.6) is 5.75 Å². The number of aryl methyl sites for hydroxylation is 1. The predicted octanol–water partition coefficient (Wildman–Crippen LogP) is 5.18. The first-order valence-electron chi connectivity index (χ1n) is 8.31. The Morgan fingerprint density at radius 3 is 2.79 bits per heavy atom. The fourth-order valence-corrected chi connectivity index (χ4v) is 2.44. The van der Waals surface area contributed by atoms with E-state index in [1.54, 1.807) is 18.2 Å². The second-order valence-electron chi connectivity index (χ2n) is 5.57. The predicted molar refractivity (Wildman–Crippen MR) is 95.1 cm³/mol. The van der Waals surface area contributed by atoms with Gasteiger partial charge in [0.05, 0.1) is 6.61 Å². The number of unbranched alkanes of at least 4 members (excludes halogenated alkanes) is 1. The van der Waals surface area contributed by atoms with Crippen LogP contribution in [0.3, 0.4) is 0 Å². The molecule has 4 heteroatoms. The van der Waals surface area contributed by atoms with E-state index < -0.39 is 11.4 Å². The van der Waals surface area contributed by atoms with Gasteiger partial charge in [-0.25, -0.2) is 9.18 Å². The third-order valence-electron chi connectivity index (χ3n) is 3.63. The highest BCUT2D eigenvalue weighted by molar-refractivity contribution is 5.83. The summed E-state index contributed by atoms with van der Waals surface area (Å²) >= 11 is 0. The Bertz CT molecular complexity index is 774. The van der Waals surface area contributed by atoms with Crippen LogP contribution >= 0.6 is 0 Å². The highest BCUT2D eigenvalue weighted by Gasteiger charge is 2.14. The molecule has 24 heavy (non-hydrogen) atoms. The molecule has 0 saturated carbocycles. The van der Waals surface area contributed by atoms with Gasteiger partial charge in [-0.1, -0.05) is 31.2 Å². The Balaban J connectivity index is 2.09. The molecule has 0 fully saturated rings. The van der Waals surface area contributed by atoms with E-state index in [0.717, 1.165) is 19.3 Å². The lowest BCUT2D eigenvalue weighted by molar-refractivity contribution is 0.309. The van der Waals surface area contributed by atoms with Gasteiger partial charge < -0.3 is 9.15 Å². The molecule has 0 saturated heterocycles. The van der Waals surface area contributed by atoms with Gasteiger partial charge in [0, 0.05) is 6.42 Å². The zero-order chi connectivity index (χ0) is 17.4. The van der Waals surface area contributed by atoms with E-state index in [0.29, 0.717) is 30.6 Å². The van der Waals surface area contributed by atoms with Crippen molar-refractivity contribution in [3.8, 4) is 5.75 Å². The van der Waals surface area contributed by atoms with Crippen molar-refractivity contribution in [3.63, 3.8) is 0 Å². The number of benzene rings is 1. The van der Waals surface area contributed by atoms with E-state index in [4.69, 9.17) is 9.15 Å². The van der Waals surface area contributed by atoms with Crippen LogP contribution in [-0.2, 0) is 6.42 Å². The summed E-state index contributed by atoms with van der Waals surface area (Å²) in [5.74, 6) is 0.00481. The zero-order valence-corrected chi connectivity index (χ0v) is 14.0. The summed E-state index contributed by atoms with van der Waals surface area (Å²) in [6, 6.07) is 4.98. The number of rotatable bonds is 9. The van der Waals surface area contributed by atoms with Crippen LogP contribution in [0.1, 0.15) is 38.4 Å². The number of ether oxygens (including phenoxy) is 1. The average molecular weight is 330 g/mol. The second kappa shape index (κ2) is 9.06. The molecule has 0 amide bonds. The van der Waals surface area contributed by atoms with Crippen LogP contribution in [0.15, 0.2) is 52.2 Å². The molecule has 0 atom stereocenters. The fraction of sp³-hybridized carbons (Fsp3) is 0.350. The third kappa shape index (κ3) is 4.57. The van der Waals surface area contributed by atoms with Crippen molar-refractivity contribution in [1.82, 2.24) is 0 Å². The van der Waals surface area contributed by atoms with Crippen molar-refractivity contribution in [2.75, 3.05) is 6.61 Å². The Morgan fingerprint density at radius 2 is 2.04 bits per heavy atom. The SMILES string of the molecule is C=CCC/C=C/CCOc1ccc2cc(CCC)oc(=O)c2c1F. The monoisotopic (exact) mass is 330 g/mol. The van der Waals surface area contributed by atoms with Crippen molar-refractivity contribution in [3.05, 3.63) is 65.0 Å². The highest BCUT2D eigenvalue weighted by atomic mass is 19.1. The standard InChI is InChI=1S/C20H23FO3/c1-3-5-6-7-8-9-13-23-17-12-11-15-14-16(10-4-2)24-20(22)18(15)19(17)21/h3,7-8,11-12,14H,1,4-6,9-10,13H2,2H3/b8-7+. The summed E-state index contributed by atoms with van der Waals surface area (Å²) in [5, 5.41) is 0.498. The maximum absolute atomic E-state index is 14.5. The molecular weight excluding hydrogens is 307 g/mol. The number of allylic oxidation sites excluding steroid dienone is 2. The molecule has 1 aromatic heterocycles. The van der Waals surface area contributed by atoms with Gasteiger partial charge in [0.2, 0.25) is 0 Å². The Labute approximate surface area is 141 Å². The highest BCUT2D eigenvalue weighted by Crippen LogP contribution is 2.25. The van der Waals surface area contributed by atoms with Crippen LogP contribution in [0.2, 0.25) is 0 Å².